The van der Waals surface area contributed by atoms with E-state index in [2.05, 4.69) is 33.6 Å². The van der Waals surface area contributed by atoms with E-state index >= 15 is 0 Å². The fourth-order valence-corrected chi connectivity index (χ4v) is 4.20. The third kappa shape index (κ3) is 4.41. The minimum Gasteiger partial charge on any atom is -0.459 e. The highest BCUT2D eigenvalue weighted by Crippen LogP contribution is 2.38. The van der Waals surface area contributed by atoms with Crippen LogP contribution in [0.2, 0.25) is 0 Å². The third-order valence-corrected chi connectivity index (χ3v) is 5.88. The lowest BCUT2D eigenvalue weighted by Gasteiger charge is -2.21. The van der Waals surface area contributed by atoms with Gasteiger partial charge in [-0.1, -0.05) is 13.0 Å². The van der Waals surface area contributed by atoms with Crippen molar-refractivity contribution in [3.63, 3.8) is 0 Å². The van der Waals surface area contributed by atoms with Crippen molar-refractivity contribution < 1.29 is 9.21 Å². The number of aromatic nitrogens is 2. The highest BCUT2D eigenvalue weighted by molar-refractivity contribution is 7.16. The number of nitrogens with one attached hydrogen (secondary N) is 2. The topological polar surface area (TPSA) is 80.0 Å². The van der Waals surface area contributed by atoms with Gasteiger partial charge >= 0.3 is 0 Å². The second-order valence-electron chi connectivity index (χ2n) is 6.86. The SMILES string of the molecule is CCc1cc([C@@H](Nc2cc(C)ccn2)c2cccnc2)c(NC(=O)c2ccco2)s1. The maximum absolute atomic E-state index is 12.6. The first-order valence-corrected chi connectivity index (χ1v) is 10.5. The molecule has 4 aromatic heterocycles. The van der Waals surface area contributed by atoms with E-state index in [0.29, 0.717) is 0 Å². The fourth-order valence-electron chi connectivity index (χ4n) is 3.17. The number of furan rings is 1. The van der Waals surface area contributed by atoms with Crippen LogP contribution in [-0.4, -0.2) is 15.9 Å². The zero-order chi connectivity index (χ0) is 20.9. The molecule has 2 N–H and O–H groups in total. The Kier molecular flexibility index (Phi) is 5.90. The predicted molar refractivity (Wildman–Crippen MR) is 119 cm³/mol. The molecular weight excluding hydrogens is 396 g/mol. The van der Waals surface area contributed by atoms with Crippen LogP contribution in [-0.2, 0) is 6.42 Å². The average molecular weight is 419 g/mol. The number of nitrogens with zero attached hydrogens (tertiary/aromatic N) is 2. The van der Waals surface area contributed by atoms with Gasteiger partial charge in [-0.3, -0.25) is 9.78 Å². The lowest BCUT2D eigenvalue weighted by molar-refractivity contribution is 0.0997. The second-order valence-corrected chi connectivity index (χ2v) is 8.00. The Balaban J connectivity index is 1.74. The molecule has 0 aliphatic heterocycles. The summed E-state index contributed by atoms with van der Waals surface area (Å²) in [5.74, 6) is 0.763. The number of carbonyl (C=O) groups is 1. The smallest absolute Gasteiger partial charge is 0.291 e. The molecule has 30 heavy (non-hydrogen) atoms. The number of thiophene rings is 1. The van der Waals surface area contributed by atoms with Crippen LogP contribution >= 0.6 is 11.3 Å². The molecule has 0 fully saturated rings. The number of hydrogen-bond acceptors (Lipinski definition) is 6. The molecule has 0 aromatic carbocycles. The summed E-state index contributed by atoms with van der Waals surface area (Å²) in [4.78, 5) is 22.6. The van der Waals surface area contributed by atoms with Gasteiger partial charge in [0, 0.05) is 29.0 Å². The van der Waals surface area contributed by atoms with Crippen molar-refractivity contribution in [2.75, 3.05) is 10.6 Å². The summed E-state index contributed by atoms with van der Waals surface area (Å²) in [6.07, 6.45) is 7.72. The van der Waals surface area contributed by atoms with E-state index in [4.69, 9.17) is 4.42 Å². The van der Waals surface area contributed by atoms with Crippen molar-refractivity contribution in [2.45, 2.75) is 26.3 Å². The van der Waals surface area contributed by atoms with Gasteiger partial charge in [-0.25, -0.2) is 4.98 Å². The van der Waals surface area contributed by atoms with Crippen LogP contribution in [0, 0.1) is 6.92 Å². The van der Waals surface area contributed by atoms with E-state index in [1.54, 1.807) is 35.9 Å². The average Bonchev–Trinajstić information content (AvgIpc) is 3.43. The molecule has 0 aliphatic rings. The first-order chi connectivity index (χ1) is 14.6. The monoisotopic (exact) mass is 418 g/mol. The van der Waals surface area contributed by atoms with Gasteiger partial charge in [-0.15, -0.1) is 11.3 Å². The maximum atomic E-state index is 12.6. The molecule has 0 aliphatic carbocycles. The minimum absolute atomic E-state index is 0.226. The van der Waals surface area contributed by atoms with Crippen LogP contribution in [0.3, 0.4) is 0 Å². The zero-order valence-corrected chi connectivity index (χ0v) is 17.6. The van der Waals surface area contributed by atoms with Crippen LogP contribution in [0.5, 0.6) is 0 Å². The van der Waals surface area contributed by atoms with Gasteiger partial charge in [0.1, 0.15) is 10.8 Å². The molecule has 0 unspecified atom stereocenters. The molecule has 1 atom stereocenters. The van der Waals surface area contributed by atoms with Crippen molar-refractivity contribution >= 4 is 28.1 Å². The standard InChI is InChI=1S/C23H22N4O2S/c1-3-17-13-18(23(30-17)27-22(28)19-7-5-11-29-19)21(16-6-4-9-24-14-16)26-20-12-15(2)8-10-25-20/h4-14,21H,3H2,1-2H3,(H,25,26)(H,27,28)/t21-/m0/s1. The van der Waals surface area contributed by atoms with Gasteiger partial charge < -0.3 is 15.1 Å². The fraction of sp³-hybridized carbons (Fsp3) is 0.174. The normalized spacial score (nSPS) is 11.8. The molecule has 152 valence electrons. The number of carbonyl (C=O) groups excluding carboxylic acids is 1. The number of anilines is 2. The summed E-state index contributed by atoms with van der Waals surface area (Å²) in [6.45, 7) is 4.13. The van der Waals surface area contributed by atoms with Crippen molar-refractivity contribution in [3.8, 4) is 0 Å². The molecule has 6 nitrogen and oxygen atoms in total. The quantitative estimate of drug-likeness (QED) is 0.417. The minimum atomic E-state index is -0.274. The van der Waals surface area contributed by atoms with E-state index < -0.39 is 0 Å². The van der Waals surface area contributed by atoms with Gasteiger partial charge in [0.25, 0.3) is 5.91 Å². The van der Waals surface area contributed by atoms with Gasteiger partial charge in [0.05, 0.1) is 12.3 Å². The first kappa shape index (κ1) is 19.8. The number of amides is 1. The Labute approximate surface area is 179 Å². The number of pyridine rings is 2. The molecule has 0 saturated heterocycles. The van der Waals surface area contributed by atoms with Crippen LogP contribution in [0.25, 0.3) is 0 Å². The van der Waals surface area contributed by atoms with Crippen molar-refractivity contribution in [1.29, 1.82) is 0 Å². The Morgan fingerprint density at radius 3 is 2.80 bits per heavy atom. The van der Waals surface area contributed by atoms with Gasteiger partial charge in [0.15, 0.2) is 5.76 Å². The van der Waals surface area contributed by atoms with Crippen molar-refractivity contribution in [3.05, 3.63) is 94.6 Å². The highest BCUT2D eigenvalue weighted by atomic mass is 32.1. The van der Waals surface area contributed by atoms with Crippen molar-refractivity contribution in [2.24, 2.45) is 0 Å². The Hall–Kier alpha value is -3.45. The highest BCUT2D eigenvalue weighted by Gasteiger charge is 2.23. The Morgan fingerprint density at radius 1 is 1.20 bits per heavy atom. The van der Waals surface area contributed by atoms with E-state index in [0.717, 1.165) is 33.9 Å². The molecule has 0 bridgehead atoms. The summed E-state index contributed by atoms with van der Waals surface area (Å²) < 4.78 is 5.25. The molecule has 0 radical (unpaired) electrons. The second kappa shape index (κ2) is 8.92. The number of hydrogen-bond donors (Lipinski definition) is 2. The maximum Gasteiger partial charge on any atom is 0.291 e. The van der Waals surface area contributed by atoms with Crippen molar-refractivity contribution in [1.82, 2.24) is 9.97 Å². The summed E-state index contributed by atoms with van der Waals surface area (Å²) in [5, 5.41) is 7.32. The molecule has 4 aromatic rings. The molecule has 4 heterocycles. The summed E-state index contributed by atoms with van der Waals surface area (Å²) >= 11 is 1.57. The molecule has 4 rings (SSSR count). The lowest BCUT2D eigenvalue weighted by Crippen LogP contribution is -2.17. The summed E-state index contributed by atoms with van der Waals surface area (Å²) in [7, 11) is 0. The van der Waals surface area contributed by atoms with E-state index in [9.17, 15) is 4.79 Å². The lowest BCUT2D eigenvalue weighted by atomic mass is 10.0. The van der Waals surface area contributed by atoms with Crippen LogP contribution < -0.4 is 10.6 Å². The number of aryl methyl sites for hydroxylation is 2. The molecule has 7 heteroatoms. The van der Waals surface area contributed by atoms with E-state index in [1.165, 1.54) is 11.1 Å². The Morgan fingerprint density at radius 2 is 2.10 bits per heavy atom. The predicted octanol–water partition coefficient (Wildman–Crippen LogP) is 5.46. The summed E-state index contributed by atoms with van der Waals surface area (Å²) in [6, 6.07) is 13.1. The molecule has 1 amide bonds. The van der Waals surface area contributed by atoms with Gasteiger partial charge in [0.2, 0.25) is 0 Å². The summed E-state index contributed by atoms with van der Waals surface area (Å²) in [5.41, 5.74) is 3.06. The molecular formula is C23H22N4O2S. The van der Waals surface area contributed by atoms with Crippen LogP contribution in [0.1, 0.15) is 45.1 Å². The molecule has 0 spiro atoms. The van der Waals surface area contributed by atoms with Gasteiger partial charge in [-0.05, 0) is 60.9 Å². The van der Waals surface area contributed by atoms with E-state index in [-0.39, 0.29) is 17.7 Å². The number of rotatable bonds is 7. The van der Waals surface area contributed by atoms with Crippen LogP contribution in [0.4, 0.5) is 10.8 Å². The van der Waals surface area contributed by atoms with E-state index in [1.807, 2.05) is 37.4 Å². The van der Waals surface area contributed by atoms with Gasteiger partial charge in [-0.2, -0.15) is 0 Å². The first-order valence-electron chi connectivity index (χ1n) is 9.70. The molecule has 0 saturated carbocycles. The third-order valence-electron chi connectivity index (χ3n) is 4.67. The Bertz CT molecular complexity index is 1120. The largest absolute Gasteiger partial charge is 0.459 e. The van der Waals surface area contributed by atoms with Crippen LogP contribution in [0.15, 0.2) is 71.7 Å². The zero-order valence-electron chi connectivity index (χ0n) is 16.8.